The van der Waals surface area contributed by atoms with E-state index in [1.54, 1.807) is 0 Å². The third-order valence-electron chi connectivity index (χ3n) is 3.76. The molecule has 0 atom stereocenters. The summed E-state index contributed by atoms with van der Waals surface area (Å²) in [4.78, 5) is 11.8. The fraction of sp³-hybridized carbons (Fsp3) is 0.600. The minimum Gasteiger partial charge on any atom is -0.222 e. The molecule has 19 heavy (non-hydrogen) atoms. The standard InChI is InChI=1S/C15H19ClN2S/c1-9(2)7-8-12-17-14(16)13-10-5-3-4-6-11(10)19-15(13)18-12/h9H,3-8H2,1-2H3. The average Bonchev–Trinajstić information content (AvgIpc) is 2.74. The molecule has 0 radical (unpaired) electrons. The first-order valence-electron chi connectivity index (χ1n) is 7.12. The molecule has 0 bridgehead atoms. The summed E-state index contributed by atoms with van der Waals surface area (Å²) in [6.45, 7) is 4.45. The minimum atomic E-state index is 0.670. The van der Waals surface area contributed by atoms with E-state index in [1.165, 1.54) is 29.7 Å². The second-order valence-electron chi connectivity index (χ2n) is 5.75. The third kappa shape index (κ3) is 2.63. The number of aryl methyl sites for hydroxylation is 3. The van der Waals surface area contributed by atoms with Gasteiger partial charge in [0.1, 0.15) is 15.8 Å². The number of nitrogens with zero attached hydrogens (tertiary/aromatic N) is 2. The Morgan fingerprint density at radius 1 is 1.21 bits per heavy atom. The van der Waals surface area contributed by atoms with E-state index in [-0.39, 0.29) is 0 Å². The first kappa shape index (κ1) is 13.3. The van der Waals surface area contributed by atoms with Crippen LogP contribution in [0.1, 0.15) is 49.4 Å². The monoisotopic (exact) mass is 294 g/mol. The van der Waals surface area contributed by atoms with Crippen LogP contribution in [0.4, 0.5) is 0 Å². The second-order valence-corrected chi connectivity index (χ2v) is 7.20. The van der Waals surface area contributed by atoms with E-state index in [0.29, 0.717) is 11.1 Å². The number of fused-ring (bicyclic) bond motifs is 3. The quantitative estimate of drug-likeness (QED) is 0.759. The highest BCUT2D eigenvalue weighted by atomic mass is 35.5. The summed E-state index contributed by atoms with van der Waals surface area (Å²) in [6.07, 6.45) is 6.94. The van der Waals surface area contributed by atoms with Crippen LogP contribution in [0, 0.1) is 5.92 Å². The van der Waals surface area contributed by atoms with Gasteiger partial charge in [0.05, 0.1) is 5.39 Å². The first-order valence-corrected chi connectivity index (χ1v) is 8.31. The zero-order valence-corrected chi connectivity index (χ0v) is 13.1. The molecule has 4 heteroatoms. The van der Waals surface area contributed by atoms with Crippen LogP contribution >= 0.6 is 22.9 Å². The number of halogens is 1. The van der Waals surface area contributed by atoms with Crippen LogP contribution < -0.4 is 0 Å². The topological polar surface area (TPSA) is 25.8 Å². The molecule has 0 N–H and O–H groups in total. The van der Waals surface area contributed by atoms with Crippen LogP contribution in [0.3, 0.4) is 0 Å². The zero-order chi connectivity index (χ0) is 13.4. The lowest BCUT2D eigenvalue weighted by molar-refractivity contribution is 0.576. The molecule has 1 aliphatic rings. The Morgan fingerprint density at radius 2 is 2.00 bits per heavy atom. The van der Waals surface area contributed by atoms with Crippen molar-refractivity contribution < 1.29 is 0 Å². The van der Waals surface area contributed by atoms with Gasteiger partial charge in [-0.3, -0.25) is 0 Å². The van der Waals surface area contributed by atoms with Gasteiger partial charge < -0.3 is 0 Å². The summed E-state index contributed by atoms with van der Waals surface area (Å²) in [7, 11) is 0. The van der Waals surface area contributed by atoms with E-state index in [9.17, 15) is 0 Å². The lowest BCUT2D eigenvalue weighted by Gasteiger charge is -2.10. The number of rotatable bonds is 3. The lowest BCUT2D eigenvalue weighted by atomic mass is 9.97. The number of hydrogen-bond acceptors (Lipinski definition) is 3. The van der Waals surface area contributed by atoms with Crippen LogP contribution in [0.15, 0.2) is 0 Å². The molecule has 2 aromatic rings. The number of hydrogen-bond donors (Lipinski definition) is 0. The molecule has 0 saturated carbocycles. The molecule has 2 heterocycles. The highest BCUT2D eigenvalue weighted by molar-refractivity contribution is 7.19. The summed E-state index contributed by atoms with van der Waals surface area (Å²) in [5.41, 5.74) is 1.42. The normalized spacial score (nSPS) is 15.2. The Bertz CT molecular complexity index is 604. The molecule has 0 amide bonds. The van der Waals surface area contributed by atoms with E-state index < -0.39 is 0 Å². The summed E-state index contributed by atoms with van der Waals surface area (Å²) in [5, 5.41) is 1.80. The Kier molecular flexibility index (Phi) is 3.77. The van der Waals surface area contributed by atoms with Crippen LogP contribution in [-0.4, -0.2) is 9.97 Å². The Morgan fingerprint density at radius 3 is 2.79 bits per heavy atom. The summed E-state index contributed by atoms with van der Waals surface area (Å²) >= 11 is 8.24. The molecule has 1 aliphatic carbocycles. The van der Waals surface area contributed by atoms with Crippen molar-refractivity contribution in [2.75, 3.05) is 0 Å². The molecule has 102 valence electrons. The van der Waals surface area contributed by atoms with Gasteiger partial charge in [0, 0.05) is 11.3 Å². The van der Waals surface area contributed by atoms with E-state index >= 15 is 0 Å². The van der Waals surface area contributed by atoms with Crippen molar-refractivity contribution in [3.63, 3.8) is 0 Å². The van der Waals surface area contributed by atoms with Crippen molar-refractivity contribution in [3.8, 4) is 0 Å². The van der Waals surface area contributed by atoms with E-state index in [0.717, 1.165) is 35.3 Å². The highest BCUT2D eigenvalue weighted by Gasteiger charge is 2.20. The number of aromatic nitrogens is 2. The Balaban J connectivity index is 2.01. The van der Waals surface area contributed by atoms with Crippen molar-refractivity contribution in [2.24, 2.45) is 5.92 Å². The fourth-order valence-electron chi connectivity index (χ4n) is 2.68. The van der Waals surface area contributed by atoms with E-state index in [2.05, 4.69) is 18.8 Å². The molecule has 0 spiro atoms. The van der Waals surface area contributed by atoms with E-state index in [4.69, 9.17) is 16.6 Å². The zero-order valence-electron chi connectivity index (χ0n) is 11.5. The molecule has 0 aliphatic heterocycles. The van der Waals surface area contributed by atoms with Gasteiger partial charge in [-0.15, -0.1) is 11.3 Å². The first-order chi connectivity index (χ1) is 9.15. The molecule has 3 rings (SSSR count). The molecular weight excluding hydrogens is 276 g/mol. The van der Waals surface area contributed by atoms with Gasteiger partial charge in [0.2, 0.25) is 0 Å². The van der Waals surface area contributed by atoms with Crippen LogP contribution in [0.25, 0.3) is 10.2 Å². The summed E-state index contributed by atoms with van der Waals surface area (Å²) in [5.74, 6) is 1.58. The number of thiophene rings is 1. The van der Waals surface area contributed by atoms with Gasteiger partial charge in [-0.25, -0.2) is 9.97 Å². The molecule has 2 nitrogen and oxygen atoms in total. The molecule has 0 saturated heterocycles. The highest BCUT2D eigenvalue weighted by Crippen LogP contribution is 2.38. The van der Waals surface area contributed by atoms with Gasteiger partial charge in [-0.1, -0.05) is 25.4 Å². The molecule has 0 unspecified atom stereocenters. The van der Waals surface area contributed by atoms with Gasteiger partial charge in [0.25, 0.3) is 0 Å². The van der Waals surface area contributed by atoms with Crippen LogP contribution in [0.5, 0.6) is 0 Å². The maximum absolute atomic E-state index is 6.41. The van der Waals surface area contributed by atoms with Crippen LogP contribution in [-0.2, 0) is 19.3 Å². The van der Waals surface area contributed by atoms with Gasteiger partial charge in [-0.05, 0) is 43.6 Å². The van der Waals surface area contributed by atoms with Crippen molar-refractivity contribution in [1.82, 2.24) is 9.97 Å². The van der Waals surface area contributed by atoms with E-state index in [1.807, 2.05) is 11.3 Å². The van der Waals surface area contributed by atoms with Crippen molar-refractivity contribution in [2.45, 2.75) is 52.4 Å². The fourth-order valence-corrected chi connectivity index (χ4v) is 4.32. The minimum absolute atomic E-state index is 0.670. The van der Waals surface area contributed by atoms with Gasteiger partial charge in [0.15, 0.2) is 0 Å². The lowest BCUT2D eigenvalue weighted by Crippen LogP contribution is -2.01. The summed E-state index contributed by atoms with van der Waals surface area (Å²) < 4.78 is 0. The SMILES string of the molecule is CC(C)CCc1nc(Cl)c2c3c(sc2n1)CCCC3. The van der Waals surface area contributed by atoms with Gasteiger partial charge >= 0.3 is 0 Å². The Labute approximate surface area is 123 Å². The van der Waals surface area contributed by atoms with Crippen LogP contribution in [0.2, 0.25) is 5.15 Å². The third-order valence-corrected chi connectivity index (χ3v) is 5.22. The average molecular weight is 295 g/mol. The van der Waals surface area contributed by atoms with Gasteiger partial charge in [-0.2, -0.15) is 0 Å². The Hall–Kier alpha value is -0.670. The molecule has 0 aromatic carbocycles. The predicted molar refractivity (Wildman–Crippen MR) is 82.2 cm³/mol. The molecule has 2 aromatic heterocycles. The largest absolute Gasteiger partial charge is 0.222 e. The van der Waals surface area contributed by atoms with Crippen molar-refractivity contribution in [3.05, 3.63) is 21.4 Å². The van der Waals surface area contributed by atoms with Crippen molar-refractivity contribution >= 4 is 33.2 Å². The maximum atomic E-state index is 6.41. The predicted octanol–water partition coefficient (Wildman–Crippen LogP) is 4.81. The smallest absolute Gasteiger partial charge is 0.141 e. The molecular formula is C15H19ClN2S. The summed E-state index contributed by atoms with van der Waals surface area (Å²) in [6, 6.07) is 0. The maximum Gasteiger partial charge on any atom is 0.141 e. The molecule has 0 fully saturated rings. The second kappa shape index (κ2) is 5.37. The van der Waals surface area contributed by atoms with Crippen molar-refractivity contribution in [1.29, 1.82) is 0 Å².